The van der Waals surface area contributed by atoms with Crippen molar-refractivity contribution in [1.82, 2.24) is 5.32 Å². The first-order valence-corrected chi connectivity index (χ1v) is 5.99. The lowest BCUT2D eigenvalue weighted by molar-refractivity contribution is 0.588. The average molecular weight is 203 g/mol. The highest BCUT2D eigenvalue weighted by Gasteiger charge is 2.24. The van der Waals surface area contributed by atoms with Gasteiger partial charge in [0.15, 0.2) is 0 Å². The molecule has 0 amide bonds. The zero-order valence-corrected chi connectivity index (χ0v) is 10.0. The molecular formula is C14H21N. The van der Waals surface area contributed by atoms with Gasteiger partial charge in [-0.25, -0.2) is 0 Å². The topological polar surface area (TPSA) is 12.0 Å². The number of hydrogen-bond acceptors (Lipinski definition) is 1. The Morgan fingerprint density at radius 2 is 2.07 bits per heavy atom. The fourth-order valence-electron chi connectivity index (χ4n) is 2.02. The highest BCUT2D eigenvalue weighted by atomic mass is 14.9. The van der Waals surface area contributed by atoms with E-state index in [1.54, 1.807) is 5.56 Å². The van der Waals surface area contributed by atoms with Crippen molar-refractivity contribution in [3.63, 3.8) is 0 Å². The summed E-state index contributed by atoms with van der Waals surface area (Å²) in [5.41, 5.74) is 4.45. The molecule has 1 nitrogen and oxygen atoms in total. The molecule has 1 aromatic carbocycles. The third-order valence-electron chi connectivity index (χ3n) is 3.07. The van der Waals surface area contributed by atoms with Gasteiger partial charge in [-0.1, -0.05) is 32.0 Å². The summed E-state index contributed by atoms with van der Waals surface area (Å²) in [4.78, 5) is 0. The maximum atomic E-state index is 3.45. The summed E-state index contributed by atoms with van der Waals surface area (Å²) in [6, 6.07) is 7.50. The maximum Gasteiger partial charge on any atom is 0.0207 e. The molecule has 1 fully saturated rings. The second kappa shape index (κ2) is 4.36. The number of aryl methyl sites for hydroxylation is 1. The van der Waals surface area contributed by atoms with Crippen LogP contribution in [0.3, 0.4) is 0 Å². The summed E-state index contributed by atoms with van der Waals surface area (Å²) in [6.07, 6.45) is 2.79. The van der Waals surface area contributed by atoms with Gasteiger partial charge in [-0.2, -0.15) is 0 Å². The van der Waals surface area contributed by atoms with Crippen LogP contribution in [0.5, 0.6) is 0 Å². The molecule has 82 valence electrons. The second-order valence-corrected chi connectivity index (χ2v) is 5.00. The van der Waals surface area contributed by atoms with Crippen molar-refractivity contribution in [2.24, 2.45) is 0 Å². The van der Waals surface area contributed by atoms with E-state index in [4.69, 9.17) is 0 Å². The molecule has 1 N–H and O–H groups in total. The van der Waals surface area contributed by atoms with Gasteiger partial charge in [0.2, 0.25) is 0 Å². The predicted octanol–water partition coefficient (Wildman–Crippen LogP) is 3.37. The molecule has 0 unspecified atom stereocenters. The van der Waals surface area contributed by atoms with E-state index in [2.05, 4.69) is 44.3 Å². The molecule has 0 saturated heterocycles. The predicted molar refractivity (Wildman–Crippen MR) is 65.1 cm³/mol. The van der Waals surface area contributed by atoms with Gasteiger partial charge in [-0.15, -0.1) is 0 Å². The largest absolute Gasteiger partial charge is 0.310 e. The molecular weight excluding hydrogens is 182 g/mol. The Hall–Kier alpha value is -0.820. The van der Waals surface area contributed by atoms with Crippen LogP contribution < -0.4 is 5.32 Å². The van der Waals surface area contributed by atoms with Crippen LogP contribution in [-0.4, -0.2) is 6.04 Å². The van der Waals surface area contributed by atoms with Crippen molar-refractivity contribution < 1.29 is 0 Å². The van der Waals surface area contributed by atoms with Crippen molar-refractivity contribution in [3.8, 4) is 0 Å². The molecule has 1 aliphatic rings. The minimum absolute atomic E-state index is 0.563. The molecule has 2 rings (SSSR count). The Morgan fingerprint density at radius 1 is 1.33 bits per heavy atom. The van der Waals surface area contributed by atoms with Gasteiger partial charge in [-0.05, 0) is 42.4 Å². The van der Waals surface area contributed by atoms with Gasteiger partial charge in [-0.3, -0.25) is 0 Å². The number of hydrogen-bond donors (Lipinski definition) is 1. The first-order valence-electron chi connectivity index (χ1n) is 5.99. The molecule has 0 aromatic heterocycles. The second-order valence-electron chi connectivity index (χ2n) is 5.00. The van der Waals surface area contributed by atoms with E-state index in [9.17, 15) is 0 Å². The van der Waals surface area contributed by atoms with Gasteiger partial charge in [0.25, 0.3) is 0 Å². The minimum atomic E-state index is 0.563. The molecule has 1 saturated carbocycles. The summed E-state index contributed by atoms with van der Waals surface area (Å²) < 4.78 is 0. The van der Waals surface area contributed by atoms with E-state index in [0.717, 1.165) is 12.5 Å². The molecule has 0 bridgehead atoms. The third kappa shape index (κ3) is 2.82. The Labute approximate surface area is 92.9 Å². The lowest BCUT2D eigenvalue weighted by Crippen LogP contribution is -2.21. The zero-order chi connectivity index (χ0) is 10.8. The maximum absolute atomic E-state index is 3.45. The summed E-state index contributed by atoms with van der Waals surface area (Å²) in [6.45, 7) is 7.60. The summed E-state index contributed by atoms with van der Waals surface area (Å²) in [7, 11) is 0. The van der Waals surface area contributed by atoms with Crippen LogP contribution in [0.25, 0.3) is 0 Å². The van der Waals surface area contributed by atoms with Crippen molar-refractivity contribution in [3.05, 3.63) is 34.9 Å². The van der Waals surface area contributed by atoms with Crippen LogP contribution in [-0.2, 0) is 6.54 Å². The van der Waals surface area contributed by atoms with E-state index in [1.165, 1.54) is 24.0 Å². The summed E-state index contributed by atoms with van der Waals surface area (Å²) in [5.74, 6) is 0.872. The van der Waals surface area contributed by atoms with Crippen molar-refractivity contribution >= 4 is 0 Å². The Morgan fingerprint density at radius 3 is 2.60 bits per heavy atom. The van der Waals surface area contributed by atoms with Crippen molar-refractivity contribution in [2.75, 3.05) is 0 Å². The quantitative estimate of drug-likeness (QED) is 0.791. The van der Waals surface area contributed by atoms with Crippen LogP contribution in [0, 0.1) is 6.92 Å². The molecule has 1 aromatic rings. The Kier molecular flexibility index (Phi) is 3.11. The first-order chi connectivity index (χ1) is 7.16. The SMILES string of the molecule is Cc1cc(CNC(C)C)ccc1C1CC1. The smallest absolute Gasteiger partial charge is 0.0207 e. The normalized spacial score (nSPS) is 16.0. The summed E-state index contributed by atoms with van der Waals surface area (Å²) >= 11 is 0. The van der Waals surface area contributed by atoms with Crippen LogP contribution >= 0.6 is 0 Å². The first kappa shape index (κ1) is 10.7. The number of nitrogens with one attached hydrogen (secondary N) is 1. The lowest BCUT2D eigenvalue weighted by atomic mass is 10.0. The third-order valence-corrected chi connectivity index (χ3v) is 3.07. The molecule has 1 aliphatic carbocycles. The van der Waals surface area contributed by atoms with Crippen LogP contribution in [0.1, 0.15) is 49.3 Å². The standard InChI is InChI=1S/C14H21N/c1-10(2)15-9-12-4-7-14(11(3)8-12)13-5-6-13/h4,7-8,10,13,15H,5-6,9H2,1-3H3. The Bertz CT molecular complexity index is 337. The van der Waals surface area contributed by atoms with Gasteiger partial charge in [0.1, 0.15) is 0 Å². The van der Waals surface area contributed by atoms with Gasteiger partial charge in [0.05, 0.1) is 0 Å². The van der Waals surface area contributed by atoms with Gasteiger partial charge < -0.3 is 5.32 Å². The van der Waals surface area contributed by atoms with Crippen LogP contribution in [0.15, 0.2) is 18.2 Å². The fraction of sp³-hybridized carbons (Fsp3) is 0.571. The van der Waals surface area contributed by atoms with Gasteiger partial charge >= 0.3 is 0 Å². The highest BCUT2D eigenvalue weighted by molar-refractivity contribution is 5.35. The fourth-order valence-corrected chi connectivity index (χ4v) is 2.02. The molecule has 0 spiro atoms. The molecule has 0 heterocycles. The van der Waals surface area contributed by atoms with Crippen molar-refractivity contribution in [1.29, 1.82) is 0 Å². The van der Waals surface area contributed by atoms with E-state index < -0.39 is 0 Å². The minimum Gasteiger partial charge on any atom is -0.310 e. The zero-order valence-electron chi connectivity index (χ0n) is 10.0. The molecule has 1 heteroatoms. The molecule has 15 heavy (non-hydrogen) atoms. The Balaban J connectivity index is 2.04. The van der Waals surface area contributed by atoms with E-state index in [-0.39, 0.29) is 0 Å². The van der Waals surface area contributed by atoms with Crippen molar-refractivity contribution in [2.45, 2.75) is 52.1 Å². The van der Waals surface area contributed by atoms with E-state index in [0.29, 0.717) is 6.04 Å². The highest BCUT2D eigenvalue weighted by Crippen LogP contribution is 2.41. The molecule has 0 radical (unpaired) electrons. The summed E-state index contributed by atoms with van der Waals surface area (Å²) in [5, 5.41) is 3.45. The lowest BCUT2D eigenvalue weighted by Gasteiger charge is -2.10. The number of rotatable bonds is 4. The van der Waals surface area contributed by atoms with Gasteiger partial charge in [0, 0.05) is 12.6 Å². The van der Waals surface area contributed by atoms with Crippen LogP contribution in [0.2, 0.25) is 0 Å². The number of benzene rings is 1. The van der Waals surface area contributed by atoms with E-state index >= 15 is 0 Å². The molecule has 0 atom stereocenters. The van der Waals surface area contributed by atoms with Crippen LogP contribution in [0.4, 0.5) is 0 Å². The monoisotopic (exact) mass is 203 g/mol. The average Bonchev–Trinajstić information content (AvgIpc) is 2.98. The molecule has 0 aliphatic heterocycles. The van der Waals surface area contributed by atoms with E-state index in [1.807, 2.05) is 0 Å².